The van der Waals surface area contributed by atoms with Crippen molar-refractivity contribution in [3.05, 3.63) is 42.6 Å². The van der Waals surface area contributed by atoms with Crippen LogP contribution in [0.2, 0.25) is 0 Å². The van der Waals surface area contributed by atoms with Crippen LogP contribution in [0, 0.1) is 5.82 Å². The van der Waals surface area contributed by atoms with E-state index in [1.165, 1.54) is 18.5 Å². The first-order chi connectivity index (χ1) is 11.3. The number of hydrogen-bond acceptors (Lipinski definition) is 6. The molecule has 0 amide bonds. The molecule has 8 heteroatoms. The van der Waals surface area contributed by atoms with Crippen LogP contribution in [0.5, 0.6) is 0 Å². The number of hydrogen-bond donors (Lipinski definition) is 2. The number of aliphatic hydroxyl groups excluding tert-OH is 1. The minimum absolute atomic E-state index is 0.00183. The van der Waals surface area contributed by atoms with Gasteiger partial charge >= 0.3 is 0 Å². The first-order valence-corrected chi connectivity index (χ1v) is 7.17. The second-order valence-electron chi connectivity index (χ2n) is 4.76. The van der Waals surface area contributed by atoms with Crippen molar-refractivity contribution in [3.63, 3.8) is 0 Å². The maximum atomic E-state index is 13.4. The van der Waals surface area contributed by atoms with Crippen molar-refractivity contribution < 1.29 is 14.2 Å². The Bertz CT molecular complexity index is 792. The lowest BCUT2D eigenvalue weighted by Crippen LogP contribution is -2.12. The Kier molecular flexibility index (Phi) is 4.74. The number of benzene rings is 1. The maximum Gasteiger partial charge on any atom is 0.168 e. The molecule has 0 fully saturated rings. The van der Waals surface area contributed by atoms with Gasteiger partial charge in [-0.2, -0.15) is 5.10 Å². The van der Waals surface area contributed by atoms with E-state index in [2.05, 4.69) is 20.4 Å². The van der Waals surface area contributed by atoms with Crippen molar-refractivity contribution in [3.8, 4) is 5.69 Å². The standard InChI is InChI=1S/C15H16FN5O2/c16-11-2-1-3-12(8-11)21-15-13(9-20-21)14(18-10-19-15)17-4-6-23-7-5-22/h1-3,8-10,22H,4-7H2,(H,17,18,19). The van der Waals surface area contributed by atoms with Crippen molar-refractivity contribution in [2.24, 2.45) is 0 Å². The summed E-state index contributed by atoms with van der Waals surface area (Å²) in [7, 11) is 0. The highest BCUT2D eigenvalue weighted by Crippen LogP contribution is 2.21. The number of nitrogens with one attached hydrogen (secondary N) is 1. The molecule has 120 valence electrons. The predicted molar refractivity (Wildman–Crippen MR) is 83.0 cm³/mol. The van der Waals surface area contributed by atoms with Gasteiger partial charge in [-0.25, -0.2) is 19.0 Å². The van der Waals surface area contributed by atoms with E-state index in [0.717, 1.165) is 5.39 Å². The van der Waals surface area contributed by atoms with Crippen LogP contribution in [-0.2, 0) is 4.74 Å². The molecule has 3 rings (SSSR count). The number of halogens is 1. The quantitative estimate of drug-likeness (QED) is 0.640. The van der Waals surface area contributed by atoms with Crippen molar-refractivity contribution in [2.45, 2.75) is 0 Å². The third-order valence-electron chi connectivity index (χ3n) is 3.19. The van der Waals surface area contributed by atoms with E-state index in [9.17, 15) is 4.39 Å². The van der Waals surface area contributed by atoms with Crippen LogP contribution in [0.3, 0.4) is 0 Å². The third kappa shape index (κ3) is 3.43. The highest BCUT2D eigenvalue weighted by Gasteiger charge is 2.11. The molecule has 7 nitrogen and oxygen atoms in total. The van der Waals surface area contributed by atoms with Gasteiger partial charge in [-0.05, 0) is 18.2 Å². The fourth-order valence-electron chi connectivity index (χ4n) is 2.19. The molecule has 0 radical (unpaired) electrons. The van der Waals surface area contributed by atoms with E-state index in [4.69, 9.17) is 9.84 Å². The molecule has 2 heterocycles. The van der Waals surface area contributed by atoms with Crippen LogP contribution < -0.4 is 5.32 Å². The van der Waals surface area contributed by atoms with Crippen LogP contribution >= 0.6 is 0 Å². The molecule has 0 bridgehead atoms. The summed E-state index contributed by atoms with van der Waals surface area (Å²) in [5.74, 6) is 0.296. The summed E-state index contributed by atoms with van der Waals surface area (Å²) in [5, 5.41) is 16.8. The molecule has 0 aliphatic heterocycles. The molecule has 2 N–H and O–H groups in total. The van der Waals surface area contributed by atoms with E-state index < -0.39 is 0 Å². The summed E-state index contributed by atoms with van der Waals surface area (Å²) in [5.41, 5.74) is 1.18. The van der Waals surface area contributed by atoms with Gasteiger partial charge in [-0.1, -0.05) is 6.07 Å². The van der Waals surface area contributed by atoms with Crippen LogP contribution in [0.25, 0.3) is 16.7 Å². The van der Waals surface area contributed by atoms with Gasteiger partial charge < -0.3 is 15.2 Å². The minimum Gasteiger partial charge on any atom is -0.394 e. The molecule has 0 saturated carbocycles. The summed E-state index contributed by atoms with van der Waals surface area (Å²) < 4.78 is 20.1. The first kappa shape index (κ1) is 15.3. The van der Waals surface area contributed by atoms with Gasteiger partial charge in [0.25, 0.3) is 0 Å². The number of aromatic nitrogens is 4. The first-order valence-electron chi connectivity index (χ1n) is 7.17. The van der Waals surface area contributed by atoms with Gasteiger partial charge in [0.1, 0.15) is 18.0 Å². The highest BCUT2D eigenvalue weighted by molar-refractivity contribution is 5.87. The second-order valence-corrected chi connectivity index (χ2v) is 4.76. The van der Waals surface area contributed by atoms with Crippen LogP contribution in [0.4, 0.5) is 10.2 Å². The van der Waals surface area contributed by atoms with Crippen molar-refractivity contribution in [1.29, 1.82) is 0 Å². The van der Waals surface area contributed by atoms with Gasteiger partial charge in [0.05, 0.1) is 37.1 Å². The zero-order valence-electron chi connectivity index (χ0n) is 12.3. The lowest BCUT2D eigenvalue weighted by Gasteiger charge is -2.07. The zero-order valence-corrected chi connectivity index (χ0v) is 12.3. The maximum absolute atomic E-state index is 13.4. The Morgan fingerprint density at radius 3 is 3.00 bits per heavy atom. The molecule has 0 saturated heterocycles. The Hall–Kier alpha value is -2.58. The summed E-state index contributed by atoms with van der Waals surface area (Å²) in [6, 6.07) is 6.15. The van der Waals surface area contributed by atoms with Crippen molar-refractivity contribution in [2.75, 3.05) is 31.7 Å². The fourth-order valence-corrected chi connectivity index (χ4v) is 2.19. The monoisotopic (exact) mass is 317 g/mol. The fraction of sp³-hybridized carbons (Fsp3) is 0.267. The molecular formula is C15H16FN5O2. The second kappa shape index (κ2) is 7.12. The largest absolute Gasteiger partial charge is 0.394 e. The van der Waals surface area contributed by atoms with E-state index in [1.807, 2.05) is 0 Å². The van der Waals surface area contributed by atoms with Crippen molar-refractivity contribution >= 4 is 16.9 Å². The Labute approximate surface area is 131 Å². The van der Waals surface area contributed by atoms with E-state index in [1.54, 1.807) is 23.0 Å². The number of nitrogens with zero attached hydrogens (tertiary/aromatic N) is 4. The molecule has 0 aliphatic rings. The molecule has 0 spiro atoms. The molecule has 0 unspecified atom stereocenters. The number of aliphatic hydroxyl groups is 1. The lowest BCUT2D eigenvalue weighted by molar-refractivity contribution is 0.0992. The Balaban J connectivity index is 1.83. The summed E-state index contributed by atoms with van der Waals surface area (Å²) in [6.07, 6.45) is 3.06. The smallest absolute Gasteiger partial charge is 0.168 e. The number of fused-ring (bicyclic) bond motifs is 1. The topological polar surface area (TPSA) is 85.1 Å². The molecule has 3 aromatic rings. The number of ether oxygens (including phenoxy) is 1. The predicted octanol–water partition coefficient (Wildman–Crippen LogP) is 1.38. The average Bonchev–Trinajstić information content (AvgIpc) is 2.99. The van der Waals surface area contributed by atoms with Gasteiger partial charge in [0.15, 0.2) is 5.65 Å². The minimum atomic E-state index is -0.334. The molecule has 2 aromatic heterocycles. The van der Waals surface area contributed by atoms with Gasteiger partial charge in [-0.15, -0.1) is 0 Å². The number of rotatable bonds is 7. The van der Waals surface area contributed by atoms with Crippen LogP contribution in [0.1, 0.15) is 0 Å². The molecular weight excluding hydrogens is 301 g/mol. The SMILES string of the molecule is OCCOCCNc1ncnc2c1cnn2-c1cccc(F)c1. The molecule has 1 aromatic carbocycles. The van der Waals surface area contributed by atoms with Gasteiger partial charge in [-0.3, -0.25) is 0 Å². The molecule has 23 heavy (non-hydrogen) atoms. The van der Waals surface area contributed by atoms with Crippen LogP contribution in [-0.4, -0.2) is 51.2 Å². The van der Waals surface area contributed by atoms with Gasteiger partial charge in [0, 0.05) is 6.54 Å². The normalized spacial score (nSPS) is 11.0. The summed E-state index contributed by atoms with van der Waals surface area (Å²) in [6.45, 7) is 1.29. The van der Waals surface area contributed by atoms with E-state index in [0.29, 0.717) is 36.9 Å². The Morgan fingerprint density at radius 1 is 1.26 bits per heavy atom. The molecule has 0 aliphatic carbocycles. The van der Waals surface area contributed by atoms with Gasteiger partial charge in [0.2, 0.25) is 0 Å². The van der Waals surface area contributed by atoms with Crippen molar-refractivity contribution in [1.82, 2.24) is 19.7 Å². The number of anilines is 1. The Morgan fingerprint density at radius 2 is 2.17 bits per heavy atom. The van der Waals surface area contributed by atoms with E-state index in [-0.39, 0.29) is 12.4 Å². The summed E-state index contributed by atoms with van der Waals surface area (Å²) in [4.78, 5) is 8.42. The highest BCUT2D eigenvalue weighted by atomic mass is 19.1. The van der Waals surface area contributed by atoms with Crippen LogP contribution in [0.15, 0.2) is 36.8 Å². The lowest BCUT2D eigenvalue weighted by atomic mass is 10.3. The van der Waals surface area contributed by atoms with E-state index >= 15 is 0 Å². The molecule has 0 atom stereocenters. The summed E-state index contributed by atoms with van der Waals surface area (Å²) >= 11 is 0. The third-order valence-corrected chi connectivity index (χ3v) is 3.19. The zero-order chi connectivity index (χ0) is 16.1. The average molecular weight is 317 g/mol.